The number of carbonyl (C=O) groups excluding carboxylic acids is 1. The summed E-state index contributed by atoms with van der Waals surface area (Å²) in [6.45, 7) is 0. The van der Waals surface area contributed by atoms with Gasteiger partial charge in [0.15, 0.2) is 11.0 Å². The van der Waals surface area contributed by atoms with E-state index in [-0.39, 0.29) is 22.0 Å². The molecule has 0 radical (unpaired) electrons. The Labute approximate surface area is 141 Å². The lowest BCUT2D eigenvalue weighted by Crippen LogP contribution is -2.17. The Morgan fingerprint density at radius 1 is 1.39 bits per heavy atom. The topological polar surface area (TPSA) is 101 Å². The highest BCUT2D eigenvalue weighted by molar-refractivity contribution is 7.98. The van der Waals surface area contributed by atoms with Crippen molar-refractivity contribution in [2.75, 3.05) is 18.7 Å². The predicted octanol–water partition coefficient (Wildman–Crippen LogP) is 2.81. The molecule has 7 nitrogen and oxygen atoms in total. The molecule has 120 valence electrons. The number of halogens is 1. The first-order valence-electron chi connectivity index (χ1n) is 6.25. The van der Waals surface area contributed by atoms with E-state index in [0.29, 0.717) is 10.9 Å². The van der Waals surface area contributed by atoms with Crippen LogP contribution in [0.25, 0.3) is 0 Å². The maximum Gasteiger partial charge on any atom is 0.341 e. The van der Waals surface area contributed by atoms with Crippen molar-refractivity contribution in [1.29, 1.82) is 0 Å². The number of aromatic carboxylic acids is 1. The number of carbonyl (C=O) groups is 2. The third kappa shape index (κ3) is 3.91. The molecule has 1 heterocycles. The van der Waals surface area contributed by atoms with Crippen molar-refractivity contribution in [2.45, 2.75) is 5.16 Å². The third-order valence-corrected chi connectivity index (χ3v) is 3.68. The summed E-state index contributed by atoms with van der Waals surface area (Å²) in [7, 11) is 1.46. The van der Waals surface area contributed by atoms with Gasteiger partial charge >= 0.3 is 5.97 Å². The molecule has 1 aromatic carbocycles. The fourth-order valence-corrected chi connectivity index (χ4v) is 2.30. The zero-order chi connectivity index (χ0) is 17.0. The molecule has 2 aromatic rings. The second-order valence-corrected chi connectivity index (χ2v) is 5.41. The van der Waals surface area contributed by atoms with Crippen LogP contribution in [0.3, 0.4) is 0 Å². The number of amides is 1. The Morgan fingerprint density at radius 3 is 2.70 bits per heavy atom. The van der Waals surface area contributed by atoms with E-state index < -0.39 is 11.9 Å². The number of carboxylic acid groups (broad SMARTS) is 1. The molecule has 1 aromatic heterocycles. The standard InChI is InChI=1S/C14H12ClN3O4S/c1-22-10-4-3-7(5-9(10)15)12(19)17-11-8(13(20)21)6-16-14(18-11)23-2/h3-6H,1-2H3,(H,20,21)(H,16,17,18,19). The number of ether oxygens (including phenoxy) is 1. The fraction of sp³-hybridized carbons (Fsp3) is 0.143. The molecule has 0 aliphatic rings. The van der Waals surface area contributed by atoms with Gasteiger partial charge in [0.05, 0.1) is 12.1 Å². The summed E-state index contributed by atoms with van der Waals surface area (Å²) in [5.41, 5.74) is 0.0483. The zero-order valence-electron chi connectivity index (χ0n) is 12.2. The van der Waals surface area contributed by atoms with Crippen LogP contribution < -0.4 is 10.1 Å². The van der Waals surface area contributed by atoms with Crippen LogP contribution >= 0.6 is 23.4 Å². The van der Waals surface area contributed by atoms with Gasteiger partial charge in [0.1, 0.15) is 11.3 Å². The van der Waals surface area contributed by atoms with E-state index in [1.165, 1.54) is 31.0 Å². The van der Waals surface area contributed by atoms with Crippen LogP contribution in [0.4, 0.5) is 5.82 Å². The molecule has 0 saturated heterocycles. The summed E-state index contributed by atoms with van der Waals surface area (Å²) < 4.78 is 5.01. The number of hydrogen-bond acceptors (Lipinski definition) is 6. The zero-order valence-corrected chi connectivity index (χ0v) is 13.7. The Bertz CT molecular complexity index is 770. The van der Waals surface area contributed by atoms with Crippen LogP contribution in [0.5, 0.6) is 5.75 Å². The Kier molecular flexibility index (Phi) is 5.41. The maximum absolute atomic E-state index is 12.3. The van der Waals surface area contributed by atoms with Crippen molar-refractivity contribution in [1.82, 2.24) is 9.97 Å². The highest BCUT2D eigenvalue weighted by atomic mass is 35.5. The van der Waals surface area contributed by atoms with Crippen LogP contribution in [0.15, 0.2) is 29.6 Å². The van der Waals surface area contributed by atoms with E-state index in [9.17, 15) is 9.59 Å². The quantitative estimate of drug-likeness (QED) is 0.629. The summed E-state index contributed by atoms with van der Waals surface area (Å²) >= 11 is 7.21. The number of anilines is 1. The van der Waals surface area contributed by atoms with E-state index in [0.717, 1.165) is 6.20 Å². The van der Waals surface area contributed by atoms with Crippen LogP contribution in [0.1, 0.15) is 20.7 Å². The van der Waals surface area contributed by atoms with Crippen molar-refractivity contribution in [2.24, 2.45) is 0 Å². The molecular weight excluding hydrogens is 342 g/mol. The van der Waals surface area contributed by atoms with E-state index >= 15 is 0 Å². The fourth-order valence-electron chi connectivity index (χ4n) is 1.70. The van der Waals surface area contributed by atoms with Crippen LogP contribution in [-0.2, 0) is 0 Å². The first-order chi connectivity index (χ1) is 11.0. The molecular formula is C14H12ClN3O4S. The largest absolute Gasteiger partial charge is 0.495 e. The van der Waals surface area contributed by atoms with Gasteiger partial charge in [-0.15, -0.1) is 0 Å². The molecule has 0 saturated carbocycles. The van der Waals surface area contributed by atoms with Crippen molar-refractivity contribution < 1.29 is 19.4 Å². The van der Waals surface area contributed by atoms with Gasteiger partial charge in [-0.05, 0) is 24.5 Å². The summed E-state index contributed by atoms with van der Waals surface area (Å²) in [5, 5.41) is 12.2. The predicted molar refractivity (Wildman–Crippen MR) is 86.7 cm³/mol. The lowest BCUT2D eigenvalue weighted by Gasteiger charge is -2.09. The van der Waals surface area contributed by atoms with Gasteiger partial charge in [0.2, 0.25) is 0 Å². The normalized spacial score (nSPS) is 10.2. The average molecular weight is 354 g/mol. The molecule has 0 unspecified atom stereocenters. The number of nitrogens with one attached hydrogen (secondary N) is 1. The van der Waals surface area contributed by atoms with Crippen LogP contribution in [0, 0.1) is 0 Å². The van der Waals surface area contributed by atoms with Gasteiger partial charge in [-0.3, -0.25) is 4.79 Å². The van der Waals surface area contributed by atoms with Crippen LogP contribution in [0.2, 0.25) is 5.02 Å². The van der Waals surface area contributed by atoms with Crippen LogP contribution in [-0.4, -0.2) is 40.3 Å². The average Bonchev–Trinajstić information content (AvgIpc) is 2.54. The van der Waals surface area contributed by atoms with Crippen molar-refractivity contribution >= 4 is 41.1 Å². The van der Waals surface area contributed by atoms with E-state index in [4.69, 9.17) is 21.4 Å². The third-order valence-electron chi connectivity index (χ3n) is 2.83. The first-order valence-corrected chi connectivity index (χ1v) is 7.85. The molecule has 1 amide bonds. The summed E-state index contributed by atoms with van der Waals surface area (Å²) in [6, 6.07) is 4.48. The SMILES string of the molecule is COc1ccc(C(=O)Nc2nc(SC)ncc2C(=O)O)cc1Cl. The highest BCUT2D eigenvalue weighted by Crippen LogP contribution is 2.25. The summed E-state index contributed by atoms with van der Waals surface area (Å²) in [4.78, 5) is 31.4. The minimum absolute atomic E-state index is 0.0752. The summed E-state index contributed by atoms with van der Waals surface area (Å²) in [5.74, 6) is -1.42. The number of hydrogen-bond donors (Lipinski definition) is 2. The number of thioether (sulfide) groups is 1. The molecule has 0 bridgehead atoms. The lowest BCUT2D eigenvalue weighted by molar-refractivity contribution is 0.0697. The van der Waals surface area contributed by atoms with Gasteiger partial charge in [-0.1, -0.05) is 23.4 Å². The molecule has 0 spiro atoms. The molecule has 23 heavy (non-hydrogen) atoms. The minimum atomic E-state index is -1.24. The summed E-state index contributed by atoms with van der Waals surface area (Å²) in [6.07, 6.45) is 2.89. The Balaban J connectivity index is 2.32. The number of aromatic nitrogens is 2. The first kappa shape index (κ1) is 17.0. The van der Waals surface area contributed by atoms with Gasteiger partial charge in [-0.25, -0.2) is 14.8 Å². The van der Waals surface area contributed by atoms with Crippen molar-refractivity contribution in [3.05, 3.63) is 40.5 Å². The number of benzene rings is 1. The highest BCUT2D eigenvalue weighted by Gasteiger charge is 2.17. The molecule has 2 N–H and O–H groups in total. The van der Waals surface area contributed by atoms with Gasteiger partial charge < -0.3 is 15.2 Å². The maximum atomic E-state index is 12.3. The number of methoxy groups -OCH3 is 1. The van der Waals surface area contributed by atoms with E-state index in [1.807, 2.05) is 0 Å². The molecule has 0 aliphatic heterocycles. The van der Waals surface area contributed by atoms with Gasteiger partial charge in [0.25, 0.3) is 5.91 Å². The number of carboxylic acids is 1. The Morgan fingerprint density at radius 2 is 2.13 bits per heavy atom. The second kappa shape index (κ2) is 7.30. The van der Waals surface area contributed by atoms with E-state index in [1.54, 1.807) is 12.3 Å². The molecule has 0 atom stereocenters. The van der Waals surface area contributed by atoms with E-state index in [2.05, 4.69) is 15.3 Å². The smallest absolute Gasteiger partial charge is 0.341 e. The van der Waals surface area contributed by atoms with Crippen molar-refractivity contribution in [3.63, 3.8) is 0 Å². The minimum Gasteiger partial charge on any atom is -0.495 e. The molecule has 0 fully saturated rings. The lowest BCUT2D eigenvalue weighted by atomic mass is 10.2. The monoisotopic (exact) mass is 353 g/mol. The van der Waals surface area contributed by atoms with Gasteiger partial charge in [-0.2, -0.15) is 0 Å². The van der Waals surface area contributed by atoms with Crippen molar-refractivity contribution in [3.8, 4) is 5.75 Å². The van der Waals surface area contributed by atoms with Gasteiger partial charge in [0, 0.05) is 11.8 Å². The number of rotatable bonds is 5. The molecule has 2 rings (SSSR count). The number of nitrogens with zero attached hydrogens (tertiary/aromatic N) is 2. The molecule has 9 heteroatoms. The second-order valence-electron chi connectivity index (χ2n) is 4.23. The Hall–Kier alpha value is -2.32. The molecule has 0 aliphatic carbocycles.